The lowest BCUT2D eigenvalue weighted by Gasteiger charge is -2.25. The van der Waals surface area contributed by atoms with Crippen LogP contribution in [0, 0.1) is 0 Å². The van der Waals surface area contributed by atoms with Crippen molar-refractivity contribution in [3.63, 3.8) is 0 Å². The Hall–Kier alpha value is -2.36. The first kappa shape index (κ1) is 21.4. The molecule has 0 unspecified atom stereocenters. The average molecular weight is 495 g/mol. The number of anilines is 2. The molecule has 0 amide bonds. The highest BCUT2D eigenvalue weighted by atomic mass is 79.9. The molecule has 6 nitrogen and oxygen atoms in total. The van der Waals surface area contributed by atoms with Crippen molar-refractivity contribution in [3.05, 3.63) is 75.6 Å². The molecule has 3 rings (SSSR count). The van der Waals surface area contributed by atoms with E-state index in [1.807, 2.05) is 42.2 Å². The van der Waals surface area contributed by atoms with Gasteiger partial charge in [-0.25, -0.2) is 13.2 Å². The Kier molecular flexibility index (Phi) is 6.61. The van der Waals surface area contributed by atoms with Crippen LogP contribution < -0.4 is 9.62 Å². The molecule has 152 valence electrons. The summed E-state index contributed by atoms with van der Waals surface area (Å²) in [6, 6.07) is 17.4. The zero-order valence-electron chi connectivity index (χ0n) is 15.5. The minimum Gasteiger partial charge on any atom is -0.478 e. The van der Waals surface area contributed by atoms with E-state index >= 15 is 0 Å². The minimum atomic E-state index is -3.79. The molecule has 0 saturated heterocycles. The third-order valence-corrected chi connectivity index (χ3v) is 7.73. The first-order valence-electron chi connectivity index (χ1n) is 8.74. The summed E-state index contributed by atoms with van der Waals surface area (Å²) in [6.07, 6.45) is 0. The largest absolute Gasteiger partial charge is 0.478 e. The van der Waals surface area contributed by atoms with Crippen LogP contribution in [0.5, 0.6) is 0 Å². The molecule has 2 aromatic carbocycles. The minimum absolute atomic E-state index is 0.0374. The van der Waals surface area contributed by atoms with Gasteiger partial charge in [-0.2, -0.15) is 0 Å². The molecular formula is C20H19BrN2O4S2. The van der Waals surface area contributed by atoms with Gasteiger partial charge in [0.25, 0.3) is 10.0 Å². The van der Waals surface area contributed by atoms with Crippen molar-refractivity contribution in [2.75, 3.05) is 16.2 Å². The van der Waals surface area contributed by atoms with Gasteiger partial charge in [0, 0.05) is 18.8 Å². The van der Waals surface area contributed by atoms with Crippen molar-refractivity contribution in [3.8, 4) is 0 Å². The van der Waals surface area contributed by atoms with Crippen LogP contribution in [0.4, 0.5) is 11.4 Å². The van der Waals surface area contributed by atoms with E-state index in [-0.39, 0.29) is 15.5 Å². The van der Waals surface area contributed by atoms with E-state index in [0.717, 1.165) is 16.9 Å². The summed E-state index contributed by atoms with van der Waals surface area (Å²) in [5, 5.41) is 9.71. The average Bonchev–Trinajstić information content (AvgIpc) is 3.14. The number of benzene rings is 2. The number of hydrogen-bond donors (Lipinski definition) is 2. The van der Waals surface area contributed by atoms with Gasteiger partial charge in [-0.15, -0.1) is 11.3 Å². The van der Waals surface area contributed by atoms with Crippen molar-refractivity contribution in [1.82, 2.24) is 0 Å². The van der Waals surface area contributed by atoms with Gasteiger partial charge in [0.1, 0.15) is 4.21 Å². The van der Waals surface area contributed by atoms with E-state index in [1.165, 1.54) is 12.1 Å². The number of nitrogens with one attached hydrogen (secondary N) is 1. The fourth-order valence-corrected chi connectivity index (χ4v) is 5.92. The lowest BCUT2D eigenvalue weighted by Crippen LogP contribution is -2.24. The van der Waals surface area contributed by atoms with E-state index < -0.39 is 16.0 Å². The number of hydrogen-bond acceptors (Lipinski definition) is 5. The van der Waals surface area contributed by atoms with Crippen molar-refractivity contribution in [2.24, 2.45) is 0 Å². The topological polar surface area (TPSA) is 86.7 Å². The zero-order chi connectivity index (χ0) is 21.0. The first-order chi connectivity index (χ1) is 13.8. The Morgan fingerprint density at radius 1 is 1.14 bits per heavy atom. The molecule has 1 heterocycles. The molecule has 0 radical (unpaired) electrons. The third kappa shape index (κ3) is 5.17. The number of rotatable bonds is 8. The predicted molar refractivity (Wildman–Crippen MR) is 119 cm³/mol. The number of nitrogens with zero attached hydrogens (tertiary/aromatic N) is 1. The molecule has 29 heavy (non-hydrogen) atoms. The number of sulfonamides is 1. The second-order valence-electron chi connectivity index (χ2n) is 6.20. The molecular weight excluding hydrogens is 476 g/mol. The van der Waals surface area contributed by atoms with Gasteiger partial charge in [-0.3, -0.25) is 4.72 Å². The van der Waals surface area contributed by atoms with E-state index in [0.29, 0.717) is 22.6 Å². The van der Waals surface area contributed by atoms with E-state index in [9.17, 15) is 18.3 Å². The molecule has 0 aliphatic rings. The van der Waals surface area contributed by atoms with Crippen LogP contribution in [0.25, 0.3) is 0 Å². The molecule has 2 N–H and O–H groups in total. The molecule has 0 atom stereocenters. The summed E-state index contributed by atoms with van der Waals surface area (Å²) in [5.41, 5.74) is 1.83. The smallest absolute Gasteiger partial charge is 0.337 e. The lowest BCUT2D eigenvalue weighted by atomic mass is 10.1. The summed E-state index contributed by atoms with van der Waals surface area (Å²) >= 11 is 4.32. The molecule has 1 aromatic heterocycles. The Balaban J connectivity index is 1.91. The second-order valence-corrected chi connectivity index (χ2v) is 10.6. The molecule has 0 bridgehead atoms. The summed E-state index contributed by atoms with van der Waals surface area (Å²) < 4.78 is 28.4. The molecule has 3 aromatic rings. The van der Waals surface area contributed by atoms with Crippen molar-refractivity contribution in [1.29, 1.82) is 0 Å². The highest BCUT2D eigenvalue weighted by molar-refractivity contribution is 9.11. The maximum atomic E-state index is 12.5. The normalized spacial score (nSPS) is 11.2. The maximum Gasteiger partial charge on any atom is 0.337 e. The Morgan fingerprint density at radius 3 is 2.45 bits per heavy atom. The first-order valence-corrected chi connectivity index (χ1v) is 11.8. The van der Waals surface area contributed by atoms with Gasteiger partial charge in [0.15, 0.2) is 0 Å². The fourth-order valence-electron chi connectivity index (χ4n) is 2.87. The highest BCUT2D eigenvalue weighted by Crippen LogP contribution is 2.30. The molecule has 0 saturated carbocycles. The van der Waals surface area contributed by atoms with Crippen LogP contribution >= 0.6 is 27.3 Å². The van der Waals surface area contributed by atoms with E-state index in [1.54, 1.807) is 18.2 Å². The number of carbonyl (C=O) groups is 1. The van der Waals surface area contributed by atoms with Crippen LogP contribution in [-0.4, -0.2) is 26.0 Å². The summed E-state index contributed by atoms with van der Waals surface area (Å²) in [5.74, 6) is -1.12. The van der Waals surface area contributed by atoms with Gasteiger partial charge >= 0.3 is 5.97 Å². The second kappa shape index (κ2) is 8.98. The van der Waals surface area contributed by atoms with E-state index in [2.05, 4.69) is 20.7 Å². The zero-order valence-corrected chi connectivity index (χ0v) is 18.7. The maximum absolute atomic E-state index is 12.5. The third-order valence-electron chi connectivity index (χ3n) is 4.23. The molecule has 0 aliphatic carbocycles. The van der Waals surface area contributed by atoms with E-state index in [4.69, 9.17) is 0 Å². The molecule has 0 aliphatic heterocycles. The fraction of sp³-hybridized carbons (Fsp3) is 0.150. The van der Waals surface area contributed by atoms with Crippen LogP contribution in [0.2, 0.25) is 0 Å². The Labute approximate surface area is 182 Å². The summed E-state index contributed by atoms with van der Waals surface area (Å²) in [7, 11) is -3.79. The van der Waals surface area contributed by atoms with Crippen LogP contribution in [0.1, 0.15) is 22.8 Å². The number of carboxylic acid groups (broad SMARTS) is 1. The molecule has 0 fully saturated rings. The van der Waals surface area contributed by atoms with Gasteiger partial charge in [-0.1, -0.05) is 30.3 Å². The van der Waals surface area contributed by atoms with Gasteiger partial charge in [0.05, 0.1) is 15.0 Å². The predicted octanol–water partition coefficient (Wildman–Crippen LogP) is 5.04. The summed E-state index contributed by atoms with van der Waals surface area (Å²) in [4.78, 5) is 13.8. The van der Waals surface area contributed by atoms with Crippen LogP contribution in [-0.2, 0) is 16.6 Å². The molecule has 0 spiro atoms. The van der Waals surface area contributed by atoms with Crippen LogP contribution in [0.15, 0.2) is 68.7 Å². The van der Waals surface area contributed by atoms with Gasteiger partial charge < -0.3 is 10.0 Å². The van der Waals surface area contributed by atoms with Crippen LogP contribution in [0.3, 0.4) is 0 Å². The number of halogens is 1. The number of aromatic carboxylic acids is 1. The van der Waals surface area contributed by atoms with Gasteiger partial charge in [-0.05, 0) is 58.7 Å². The SMILES string of the molecule is CCN(Cc1ccccc1)c1ccc(NS(=O)(=O)c2ccc(Br)s2)cc1C(=O)O. The number of carboxylic acids is 1. The monoisotopic (exact) mass is 494 g/mol. The van der Waals surface area contributed by atoms with Gasteiger partial charge in [0.2, 0.25) is 0 Å². The van der Waals surface area contributed by atoms with Crippen molar-refractivity contribution >= 4 is 54.6 Å². The Morgan fingerprint density at radius 2 is 1.86 bits per heavy atom. The van der Waals surface area contributed by atoms with Crippen molar-refractivity contribution < 1.29 is 18.3 Å². The van der Waals surface area contributed by atoms with Crippen molar-refractivity contribution in [2.45, 2.75) is 17.7 Å². The number of thiophene rings is 1. The lowest BCUT2D eigenvalue weighted by molar-refractivity contribution is 0.0697. The molecule has 9 heteroatoms. The highest BCUT2D eigenvalue weighted by Gasteiger charge is 2.20. The quantitative estimate of drug-likeness (QED) is 0.458. The summed E-state index contributed by atoms with van der Waals surface area (Å²) in [6.45, 7) is 3.09. The standard InChI is InChI=1S/C20H19BrN2O4S2/c1-2-23(13-14-6-4-3-5-7-14)17-9-8-15(12-16(17)20(24)25)22-29(26,27)19-11-10-18(21)28-19/h3-12,22H,2,13H2,1H3,(H,24,25). The Bertz CT molecular complexity index is 1110.